The smallest absolute Gasteiger partial charge is 0.230 e. The highest BCUT2D eigenvalue weighted by Crippen LogP contribution is 2.21. The summed E-state index contributed by atoms with van der Waals surface area (Å²) in [4.78, 5) is 11.8. The summed E-state index contributed by atoms with van der Waals surface area (Å²) in [6.45, 7) is 8.56. The zero-order valence-corrected chi connectivity index (χ0v) is 14.3. The minimum Gasteiger partial charge on any atom is -0.393 e. The monoisotopic (exact) mass is 309 g/mol. The first-order valence-corrected chi connectivity index (χ1v) is 8.52. The summed E-state index contributed by atoms with van der Waals surface area (Å²) in [6, 6.07) is 8.39. The van der Waals surface area contributed by atoms with Crippen LogP contribution in [0.4, 0.5) is 0 Å². The van der Waals surface area contributed by atoms with Gasteiger partial charge in [-0.2, -0.15) is 0 Å². The Bertz CT molecular complexity index is 441. The number of aliphatic hydroxyl groups excluding tert-OH is 1. The fraction of sp³-hybridized carbons (Fsp3) is 0.588. The van der Waals surface area contributed by atoms with Crippen LogP contribution in [0.1, 0.15) is 38.3 Å². The summed E-state index contributed by atoms with van der Waals surface area (Å²) in [6.07, 6.45) is 0.344. The van der Waals surface area contributed by atoms with Gasteiger partial charge in [-0.15, -0.1) is 11.8 Å². The molecule has 1 atom stereocenters. The van der Waals surface area contributed by atoms with Crippen LogP contribution in [0.3, 0.4) is 0 Å². The van der Waals surface area contributed by atoms with Crippen LogP contribution in [0.15, 0.2) is 24.3 Å². The third kappa shape index (κ3) is 8.12. The van der Waals surface area contributed by atoms with Crippen molar-refractivity contribution in [2.45, 2.75) is 46.0 Å². The fourth-order valence-electron chi connectivity index (χ4n) is 2.21. The Morgan fingerprint density at radius 3 is 2.52 bits per heavy atom. The Morgan fingerprint density at radius 1 is 1.33 bits per heavy atom. The molecular formula is C17H27NO2S. The van der Waals surface area contributed by atoms with Gasteiger partial charge in [-0.3, -0.25) is 4.79 Å². The average Bonchev–Trinajstić information content (AvgIpc) is 2.37. The van der Waals surface area contributed by atoms with E-state index >= 15 is 0 Å². The van der Waals surface area contributed by atoms with Crippen LogP contribution in [0.2, 0.25) is 0 Å². The molecule has 0 spiro atoms. The molecule has 0 heterocycles. The van der Waals surface area contributed by atoms with Gasteiger partial charge in [0.05, 0.1) is 11.9 Å². The number of nitrogens with one attached hydrogen (secondary N) is 1. The molecule has 4 heteroatoms. The quantitative estimate of drug-likeness (QED) is 0.775. The molecule has 1 aromatic carbocycles. The summed E-state index contributed by atoms with van der Waals surface area (Å²) < 4.78 is 0. The average molecular weight is 309 g/mol. The number of hydrogen-bond acceptors (Lipinski definition) is 3. The van der Waals surface area contributed by atoms with E-state index in [1.54, 1.807) is 18.7 Å². The highest BCUT2D eigenvalue weighted by Gasteiger charge is 2.20. The van der Waals surface area contributed by atoms with Crippen molar-refractivity contribution in [3.63, 3.8) is 0 Å². The van der Waals surface area contributed by atoms with Crippen LogP contribution in [0, 0.1) is 12.3 Å². The predicted molar refractivity (Wildman–Crippen MR) is 90.4 cm³/mol. The van der Waals surface area contributed by atoms with Crippen molar-refractivity contribution in [2.75, 3.05) is 12.3 Å². The number of thioether (sulfide) groups is 1. The molecule has 0 fully saturated rings. The number of carbonyl (C=O) groups is 1. The van der Waals surface area contributed by atoms with Crippen molar-refractivity contribution in [1.29, 1.82) is 0 Å². The first-order chi connectivity index (χ1) is 9.78. The third-order valence-corrected chi connectivity index (χ3v) is 4.24. The van der Waals surface area contributed by atoms with Gasteiger partial charge in [0.2, 0.25) is 5.91 Å². The standard InChI is InChI=1S/C17H27NO2S/c1-13-5-7-15(8-6-13)10-21-11-16(20)18-12-17(3,4)9-14(2)19/h5-8,14,19H,9-12H2,1-4H3,(H,18,20). The maximum absolute atomic E-state index is 11.8. The van der Waals surface area contributed by atoms with Gasteiger partial charge in [-0.25, -0.2) is 0 Å². The fourth-order valence-corrected chi connectivity index (χ4v) is 3.02. The number of aliphatic hydroxyl groups is 1. The van der Waals surface area contributed by atoms with Crippen LogP contribution in [0.5, 0.6) is 0 Å². The van der Waals surface area contributed by atoms with Crippen molar-refractivity contribution >= 4 is 17.7 Å². The van der Waals surface area contributed by atoms with Gasteiger partial charge in [-0.05, 0) is 31.2 Å². The van der Waals surface area contributed by atoms with Crippen molar-refractivity contribution < 1.29 is 9.90 Å². The van der Waals surface area contributed by atoms with Gasteiger partial charge in [0.1, 0.15) is 0 Å². The lowest BCUT2D eigenvalue weighted by molar-refractivity contribution is -0.119. The second-order valence-corrected chi connectivity index (χ2v) is 7.46. The Balaban J connectivity index is 2.23. The van der Waals surface area contributed by atoms with E-state index in [9.17, 15) is 9.90 Å². The number of amides is 1. The minimum atomic E-state index is -0.340. The zero-order valence-electron chi connectivity index (χ0n) is 13.5. The summed E-state index contributed by atoms with van der Waals surface area (Å²) in [5.41, 5.74) is 2.42. The second-order valence-electron chi connectivity index (χ2n) is 6.47. The number of hydrogen-bond donors (Lipinski definition) is 2. The topological polar surface area (TPSA) is 49.3 Å². The molecule has 0 bridgehead atoms. The van der Waals surface area contributed by atoms with Gasteiger partial charge in [0.25, 0.3) is 0 Å². The lowest BCUT2D eigenvalue weighted by Gasteiger charge is -2.26. The van der Waals surface area contributed by atoms with Gasteiger partial charge in [0, 0.05) is 12.3 Å². The van der Waals surface area contributed by atoms with Crippen LogP contribution < -0.4 is 5.32 Å². The summed E-state index contributed by atoms with van der Waals surface area (Å²) >= 11 is 1.62. The number of benzene rings is 1. The Hall–Kier alpha value is -1.00. The molecule has 3 nitrogen and oxygen atoms in total. The molecule has 1 rings (SSSR count). The highest BCUT2D eigenvalue weighted by molar-refractivity contribution is 7.99. The maximum atomic E-state index is 11.8. The molecule has 1 unspecified atom stereocenters. The first kappa shape index (κ1) is 18.1. The summed E-state index contributed by atoms with van der Waals surface area (Å²) in [5, 5.41) is 12.4. The lowest BCUT2D eigenvalue weighted by atomic mass is 9.87. The molecule has 0 aromatic heterocycles. The molecule has 2 N–H and O–H groups in total. The molecule has 0 aliphatic heterocycles. The maximum Gasteiger partial charge on any atom is 0.230 e. The van der Waals surface area contributed by atoms with Gasteiger partial charge < -0.3 is 10.4 Å². The zero-order chi connectivity index (χ0) is 15.9. The van der Waals surface area contributed by atoms with E-state index in [4.69, 9.17) is 0 Å². The van der Waals surface area contributed by atoms with Crippen molar-refractivity contribution in [1.82, 2.24) is 5.32 Å². The predicted octanol–water partition coefficient (Wildman–Crippen LogP) is 3.14. The number of aryl methyl sites for hydroxylation is 1. The number of rotatable bonds is 8. The van der Waals surface area contributed by atoms with E-state index < -0.39 is 0 Å². The van der Waals surface area contributed by atoms with Gasteiger partial charge in [0.15, 0.2) is 0 Å². The third-order valence-electron chi connectivity index (χ3n) is 3.23. The molecule has 0 radical (unpaired) electrons. The largest absolute Gasteiger partial charge is 0.393 e. The molecule has 1 aromatic rings. The van der Waals surface area contributed by atoms with Crippen molar-refractivity contribution in [3.8, 4) is 0 Å². The van der Waals surface area contributed by atoms with Crippen LogP contribution in [-0.2, 0) is 10.5 Å². The van der Waals surface area contributed by atoms with Crippen LogP contribution in [-0.4, -0.2) is 29.4 Å². The van der Waals surface area contributed by atoms with Gasteiger partial charge >= 0.3 is 0 Å². The molecule has 0 saturated carbocycles. The van der Waals surface area contributed by atoms with E-state index in [0.29, 0.717) is 18.7 Å². The molecular weight excluding hydrogens is 282 g/mol. The van der Waals surface area contributed by atoms with E-state index in [1.165, 1.54) is 11.1 Å². The Kier molecular flexibility index (Phi) is 7.26. The molecule has 21 heavy (non-hydrogen) atoms. The molecule has 0 aliphatic carbocycles. The molecule has 0 aliphatic rings. The normalized spacial score (nSPS) is 13.0. The Morgan fingerprint density at radius 2 is 1.95 bits per heavy atom. The van der Waals surface area contributed by atoms with Gasteiger partial charge in [-0.1, -0.05) is 43.7 Å². The SMILES string of the molecule is Cc1ccc(CSCC(=O)NCC(C)(C)CC(C)O)cc1. The highest BCUT2D eigenvalue weighted by atomic mass is 32.2. The first-order valence-electron chi connectivity index (χ1n) is 7.36. The summed E-state index contributed by atoms with van der Waals surface area (Å²) in [7, 11) is 0. The van der Waals surface area contributed by atoms with E-state index in [-0.39, 0.29) is 17.4 Å². The van der Waals surface area contributed by atoms with Crippen LogP contribution in [0.25, 0.3) is 0 Å². The Labute approximate surface area is 132 Å². The van der Waals surface area contributed by atoms with Crippen molar-refractivity contribution in [3.05, 3.63) is 35.4 Å². The number of carbonyl (C=O) groups excluding carboxylic acids is 1. The van der Waals surface area contributed by atoms with Crippen LogP contribution >= 0.6 is 11.8 Å². The second kappa shape index (κ2) is 8.44. The molecule has 118 valence electrons. The summed E-state index contributed by atoms with van der Waals surface area (Å²) in [5.74, 6) is 1.38. The molecule has 1 amide bonds. The van der Waals surface area contributed by atoms with E-state index in [2.05, 4.69) is 50.4 Å². The lowest BCUT2D eigenvalue weighted by Crippen LogP contribution is -2.36. The van der Waals surface area contributed by atoms with E-state index in [1.807, 2.05) is 0 Å². The minimum absolute atomic E-state index is 0.0609. The molecule has 0 saturated heterocycles. The van der Waals surface area contributed by atoms with E-state index in [0.717, 1.165) is 5.75 Å². The van der Waals surface area contributed by atoms with Crippen molar-refractivity contribution in [2.24, 2.45) is 5.41 Å².